The second kappa shape index (κ2) is 5.18. The van der Waals surface area contributed by atoms with Crippen LogP contribution < -0.4 is 0 Å². The van der Waals surface area contributed by atoms with Gasteiger partial charge in [0.15, 0.2) is 11.9 Å². The first-order valence-electron chi connectivity index (χ1n) is 8.36. The topological polar surface area (TPSA) is 38.8 Å². The molecule has 2 atom stereocenters. The minimum absolute atomic E-state index is 0.0589. The highest BCUT2D eigenvalue weighted by Gasteiger charge is 2.46. The normalized spacial score (nSPS) is 29.1. The van der Waals surface area contributed by atoms with Gasteiger partial charge in [-0.3, -0.25) is 4.79 Å². The van der Waals surface area contributed by atoms with E-state index in [1.165, 1.54) is 22.3 Å². The number of hydrogen-bond acceptors (Lipinski definition) is 3. The van der Waals surface area contributed by atoms with Gasteiger partial charge in [-0.1, -0.05) is 29.8 Å². The van der Waals surface area contributed by atoms with Gasteiger partial charge in [-0.2, -0.15) is 0 Å². The van der Waals surface area contributed by atoms with Crippen molar-refractivity contribution in [1.29, 1.82) is 0 Å². The molecule has 4 heteroatoms. The second-order valence-corrected chi connectivity index (χ2v) is 7.23. The van der Waals surface area contributed by atoms with E-state index in [2.05, 4.69) is 31.2 Å². The Hall–Kier alpha value is -1.65. The third-order valence-corrected chi connectivity index (χ3v) is 4.96. The highest BCUT2D eigenvalue weighted by Crippen LogP contribution is 2.36. The summed E-state index contributed by atoms with van der Waals surface area (Å²) in [6.07, 6.45) is 3.18. The number of hydrogen-bond donors (Lipinski definition) is 0. The van der Waals surface area contributed by atoms with Crippen molar-refractivity contribution >= 4 is 11.5 Å². The van der Waals surface area contributed by atoms with Crippen LogP contribution >= 0.6 is 0 Å². The first-order valence-corrected chi connectivity index (χ1v) is 8.36. The molecule has 0 aliphatic carbocycles. The molecule has 4 rings (SSSR count). The Bertz CT molecular complexity index is 692. The van der Waals surface area contributed by atoms with Crippen LogP contribution in [0.4, 0.5) is 0 Å². The standard InChI is InChI=1S/C19H23NO3/c1-12-4-5-14-11-20-9-8-13(15(14)10-12)6-7-16-17(18(20)21)23-19(2,3)22-16/h4-6,10,16-17H,7-9,11H2,1-3H3/t16-,17+/m1/s1. The zero-order chi connectivity index (χ0) is 16.2. The van der Waals surface area contributed by atoms with Crippen LogP contribution in [0.1, 0.15) is 43.4 Å². The minimum Gasteiger partial charge on any atom is -0.344 e. The van der Waals surface area contributed by atoms with Gasteiger partial charge in [0.2, 0.25) is 0 Å². The Morgan fingerprint density at radius 3 is 2.91 bits per heavy atom. The van der Waals surface area contributed by atoms with E-state index < -0.39 is 11.9 Å². The van der Waals surface area contributed by atoms with Gasteiger partial charge in [0.05, 0.1) is 6.10 Å². The molecular weight excluding hydrogens is 290 g/mol. The molecule has 3 aliphatic heterocycles. The quantitative estimate of drug-likeness (QED) is 0.739. The van der Waals surface area contributed by atoms with Crippen LogP contribution in [0, 0.1) is 6.92 Å². The fraction of sp³-hybridized carbons (Fsp3) is 0.526. The lowest BCUT2D eigenvalue weighted by Crippen LogP contribution is -2.43. The summed E-state index contributed by atoms with van der Waals surface area (Å²) in [6.45, 7) is 7.27. The number of fused-ring (bicyclic) bond motifs is 6. The van der Waals surface area contributed by atoms with Crippen molar-refractivity contribution in [3.05, 3.63) is 41.0 Å². The Kier molecular flexibility index (Phi) is 3.36. The van der Waals surface area contributed by atoms with E-state index in [0.717, 1.165) is 19.4 Å². The molecule has 0 spiro atoms. The molecule has 3 aliphatic rings. The summed E-state index contributed by atoms with van der Waals surface area (Å²) in [5, 5.41) is 0. The van der Waals surface area contributed by atoms with Crippen molar-refractivity contribution < 1.29 is 14.3 Å². The molecule has 1 amide bonds. The van der Waals surface area contributed by atoms with Crippen molar-refractivity contribution in [3.63, 3.8) is 0 Å². The van der Waals surface area contributed by atoms with Gasteiger partial charge < -0.3 is 14.4 Å². The summed E-state index contributed by atoms with van der Waals surface area (Å²) >= 11 is 0. The molecule has 2 bridgehead atoms. The monoisotopic (exact) mass is 313 g/mol. The van der Waals surface area contributed by atoms with Gasteiger partial charge in [-0.25, -0.2) is 0 Å². The molecule has 1 saturated heterocycles. The third-order valence-electron chi connectivity index (χ3n) is 4.96. The van der Waals surface area contributed by atoms with Gasteiger partial charge in [0.25, 0.3) is 5.91 Å². The average Bonchev–Trinajstić information content (AvgIpc) is 2.72. The van der Waals surface area contributed by atoms with Gasteiger partial charge in [-0.05, 0) is 50.3 Å². The van der Waals surface area contributed by atoms with Crippen LogP contribution in [0.3, 0.4) is 0 Å². The van der Waals surface area contributed by atoms with E-state index in [-0.39, 0.29) is 12.0 Å². The average molecular weight is 313 g/mol. The Morgan fingerprint density at radius 2 is 2.09 bits per heavy atom. The molecule has 0 N–H and O–H groups in total. The van der Waals surface area contributed by atoms with Crippen LogP contribution in [0.15, 0.2) is 24.3 Å². The van der Waals surface area contributed by atoms with Gasteiger partial charge in [-0.15, -0.1) is 0 Å². The van der Waals surface area contributed by atoms with E-state index in [9.17, 15) is 4.79 Å². The molecule has 0 unspecified atom stereocenters. The number of ether oxygens (including phenoxy) is 2. The second-order valence-electron chi connectivity index (χ2n) is 7.23. The molecule has 3 heterocycles. The lowest BCUT2D eigenvalue weighted by atomic mass is 9.94. The highest BCUT2D eigenvalue weighted by molar-refractivity contribution is 5.83. The van der Waals surface area contributed by atoms with Crippen LogP contribution in [0.2, 0.25) is 0 Å². The van der Waals surface area contributed by atoms with E-state index in [0.29, 0.717) is 6.54 Å². The Labute approximate surface area is 137 Å². The van der Waals surface area contributed by atoms with Gasteiger partial charge >= 0.3 is 0 Å². The lowest BCUT2D eigenvalue weighted by molar-refractivity contribution is -0.161. The molecule has 0 radical (unpaired) electrons. The molecule has 122 valence electrons. The number of amides is 1. The third kappa shape index (κ3) is 2.60. The lowest BCUT2D eigenvalue weighted by Gasteiger charge is -2.25. The summed E-state index contributed by atoms with van der Waals surface area (Å²) in [7, 11) is 0. The minimum atomic E-state index is -0.693. The largest absolute Gasteiger partial charge is 0.344 e. The maximum atomic E-state index is 13.0. The van der Waals surface area contributed by atoms with Crippen LogP contribution in [-0.4, -0.2) is 35.3 Å². The van der Waals surface area contributed by atoms with E-state index in [1.807, 2.05) is 18.7 Å². The maximum absolute atomic E-state index is 13.0. The van der Waals surface area contributed by atoms with Crippen LogP contribution in [-0.2, 0) is 20.8 Å². The molecule has 1 aromatic rings. The number of aryl methyl sites for hydroxylation is 1. The fourth-order valence-electron chi connectivity index (χ4n) is 3.86. The van der Waals surface area contributed by atoms with E-state index in [1.54, 1.807) is 0 Å². The Morgan fingerprint density at radius 1 is 1.26 bits per heavy atom. The molecule has 1 aromatic carbocycles. The van der Waals surface area contributed by atoms with Crippen molar-refractivity contribution in [2.45, 2.75) is 58.2 Å². The maximum Gasteiger partial charge on any atom is 0.254 e. The summed E-state index contributed by atoms with van der Waals surface area (Å²) in [4.78, 5) is 14.9. The first-order chi connectivity index (χ1) is 10.9. The Balaban J connectivity index is 1.79. The van der Waals surface area contributed by atoms with Crippen molar-refractivity contribution in [2.24, 2.45) is 0 Å². The van der Waals surface area contributed by atoms with Crippen LogP contribution in [0.5, 0.6) is 0 Å². The van der Waals surface area contributed by atoms with Crippen LogP contribution in [0.25, 0.3) is 5.57 Å². The molecule has 23 heavy (non-hydrogen) atoms. The predicted molar refractivity (Wildman–Crippen MR) is 87.6 cm³/mol. The van der Waals surface area contributed by atoms with Gasteiger partial charge in [0, 0.05) is 13.1 Å². The zero-order valence-electron chi connectivity index (χ0n) is 14.0. The number of rotatable bonds is 0. The number of carbonyl (C=O) groups excluding carboxylic acids is 1. The first kappa shape index (κ1) is 14.9. The molecule has 1 fully saturated rings. The summed E-state index contributed by atoms with van der Waals surface area (Å²) in [6, 6.07) is 6.51. The SMILES string of the molecule is Cc1ccc2c(c1)C1=CC[C@H]3OC(C)(C)O[C@@H]3C(=O)N(CC1)C2. The van der Waals surface area contributed by atoms with Crippen molar-refractivity contribution in [3.8, 4) is 0 Å². The van der Waals surface area contributed by atoms with E-state index >= 15 is 0 Å². The molecule has 0 aromatic heterocycles. The number of benzene rings is 1. The number of nitrogens with zero attached hydrogens (tertiary/aromatic N) is 1. The molecule has 4 nitrogen and oxygen atoms in total. The van der Waals surface area contributed by atoms with Gasteiger partial charge in [0.1, 0.15) is 0 Å². The fourth-order valence-corrected chi connectivity index (χ4v) is 3.86. The summed E-state index contributed by atoms with van der Waals surface area (Å²) in [5.41, 5.74) is 5.10. The smallest absolute Gasteiger partial charge is 0.254 e. The summed E-state index contributed by atoms with van der Waals surface area (Å²) < 4.78 is 11.9. The van der Waals surface area contributed by atoms with Crippen molar-refractivity contribution in [2.75, 3.05) is 6.54 Å². The summed E-state index contributed by atoms with van der Waals surface area (Å²) in [5.74, 6) is -0.634. The molecule has 0 saturated carbocycles. The zero-order valence-corrected chi connectivity index (χ0v) is 14.0. The molecular formula is C19H23NO3. The van der Waals surface area contributed by atoms with E-state index in [4.69, 9.17) is 9.47 Å². The predicted octanol–water partition coefficient (Wildman–Crippen LogP) is 3.03. The van der Waals surface area contributed by atoms with Crippen molar-refractivity contribution in [1.82, 2.24) is 4.90 Å². The highest BCUT2D eigenvalue weighted by atomic mass is 16.8. The number of carbonyl (C=O) groups is 1.